The van der Waals surface area contributed by atoms with Crippen molar-refractivity contribution in [2.24, 2.45) is 0 Å². The van der Waals surface area contributed by atoms with Gasteiger partial charge >= 0.3 is 0 Å². The third-order valence-electron chi connectivity index (χ3n) is 3.87. The van der Waals surface area contributed by atoms with Gasteiger partial charge in [0.15, 0.2) is 0 Å². The minimum atomic E-state index is -0.445. The molecule has 3 rings (SSSR count). The van der Waals surface area contributed by atoms with E-state index in [0.29, 0.717) is 25.1 Å². The molecule has 0 spiro atoms. The van der Waals surface area contributed by atoms with Gasteiger partial charge in [0.25, 0.3) is 5.91 Å². The minimum Gasteiger partial charge on any atom is -0.354 e. The van der Waals surface area contributed by atoms with Gasteiger partial charge in [-0.05, 0) is 37.0 Å². The number of carbonyl (C=O) groups excluding carboxylic acids is 2. The number of nitrogens with zero attached hydrogens (tertiary/aromatic N) is 3. The minimum absolute atomic E-state index is 0.0985. The molecule has 2 amide bonds. The molecule has 1 aromatic carbocycles. The average Bonchev–Trinajstić information content (AvgIpc) is 2.98. The summed E-state index contributed by atoms with van der Waals surface area (Å²) in [4.78, 5) is 28.0. The molecule has 2 heterocycles. The predicted octanol–water partition coefficient (Wildman–Crippen LogP) is 0.725. The number of hydrogen-bond acceptors (Lipinski definition) is 4. The fourth-order valence-electron chi connectivity index (χ4n) is 2.58. The molecule has 2 aromatic rings. The van der Waals surface area contributed by atoms with Gasteiger partial charge in [-0.2, -0.15) is 5.10 Å². The fourth-order valence-corrected chi connectivity index (χ4v) is 2.58. The number of rotatable bonds is 4. The Bertz CT molecular complexity index is 666. The number of amides is 2. The zero-order chi connectivity index (χ0) is 16.1. The molecule has 1 aliphatic rings. The van der Waals surface area contributed by atoms with Crippen LogP contribution in [-0.2, 0) is 11.3 Å². The van der Waals surface area contributed by atoms with Gasteiger partial charge in [-0.1, -0.05) is 12.1 Å². The third-order valence-corrected chi connectivity index (χ3v) is 3.87. The highest BCUT2D eigenvalue weighted by Gasteiger charge is 2.22. The maximum atomic E-state index is 12.3. The Balaban J connectivity index is 1.62. The quantitative estimate of drug-likeness (QED) is 0.870. The van der Waals surface area contributed by atoms with E-state index < -0.39 is 6.04 Å². The van der Waals surface area contributed by atoms with E-state index in [1.807, 2.05) is 12.1 Å². The summed E-state index contributed by atoms with van der Waals surface area (Å²) in [6.45, 7) is 1.29. The molecule has 2 N–H and O–H groups in total. The molecule has 7 heteroatoms. The van der Waals surface area contributed by atoms with E-state index >= 15 is 0 Å². The zero-order valence-electron chi connectivity index (χ0n) is 12.7. The standard InChI is InChI=1S/C16H19N5O2/c22-15(20-14-3-1-2-8-18-16(14)23)13-6-4-12(5-7-13)9-21-11-17-10-19-21/h4-7,10-11,14H,1-3,8-9H2,(H,18,23)(H,20,22)/t14-/m1/s1. The van der Waals surface area contributed by atoms with Crippen molar-refractivity contribution in [3.8, 4) is 0 Å². The van der Waals surface area contributed by atoms with Crippen molar-refractivity contribution in [3.63, 3.8) is 0 Å². The summed E-state index contributed by atoms with van der Waals surface area (Å²) in [5.74, 6) is -0.321. The summed E-state index contributed by atoms with van der Waals surface area (Å²) in [6.07, 6.45) is 5.70. The zero-order valence-corrected chi connectivity index (χ0v) is 12.7. The Morgan fingerprint density at radius 2 is 2.13 bits per heavy atom. The Kier molecular flexibility index (Phi) is 4.65. The lowest BCUT2D eigenvalue weighted by Gasteiger charge is -2.15. The first-order valence-corrected chi connectivity index (χ1v) is 7.72. The van der Waals surface area contributed by atoms with E-state index in [4.69, 9.17) is 0 Å². The molecular formula is C16H19N5O2. The highest BCUT2D eigenvalue weighted by Crippen LogP contribution is 2.09. The molecule has 7 nitrogen and oxygen atoms in total. The van der Waals surface area contributed by atoms with Crippen molar-refractivity contribution in [2.75, 3.05) is 6.54 Å². The second kappa shape index (κ2) is 7.04. The van der Waals surface area contributed by atoms with Crippen LogP contribution in [-0.4, -0.2) is 39.2 Å². The van der Waals surface area contributed by atoms with Gasteiger partial charge in [0.05, 0.1) is 6.54 Å². The SMILES string of the molecule is O=C(N[C@@H]1CCCCNC1=O)c1ccc(Cn2cncn2)cc1. The van der Waals surface area contributed by atoms with Crippen LogP contribution in [0.15, 0.2) is 36.9 Å². The number of aromatic nitrogens is 3. The van der Waals surface area contributed by atoms with Crippen molar-refractivity contribution in [2.45, 2.75) is 31.8 Å². The molecular weight excluding hydrogens is 294 g/mol. The number of carbonyl (C=O) groups is 2. The molecule has 1 aromatic heterocycles. The first kappa shape index (κ1) is 15.2. The van der Waals surface area contributed by atoms with Crippen molar-refractivity contribution in [1.82, 2.24) is 25.4 Å². The Morgan fingerprint density at radius 1 is 1.30 bits per heavy atom. The predicted molar refractivity (Wildman–Crippen MR) is 83.7 cm³/mol. The first-order chi connectivity index (χ1) is 11.2. The second-order valence-corrected chi connectivity index (χ2v) is 5.60. The molecule has 0 radical (unpaired) electrons. The van der Waals surface area contributed by atoms with Gasteiger partial charge in [0, 0.05) is 12.1 Å². The molecule has 0 bridgehead atoms. The normalized spacial score (nSPS) is 18.1. The average molecular weight is 313 g/mol. The van der Waals surface area contributed by atoms with Crippen LogP contribution in [0.3, 0.4) is 0 Å². The topological polar surface area (TPSA) is 88.9 Å². The van der Waals surface area contributed by atoms with Gasteiger partial charge < -0.3 is 10.6 Å². The lowest BCUT2D eigenvalue weighted by molar-refractivity contribution is -0.122. The van der Waals surface area contributed by atoms with Gasteiger partial charge in [-0.15, -0.1) is 0 Å². The Labute approximate surface area is 134 Å². The van der Waals surface area contributed by atoms with E-state index in [9.17, 15) is 9.59 Å². The summed E-state index contributed by atoms with van der Waals surface area (Å²) in [7, 11) is 0. The highest BCUT2D eigenvalue weighted by molar-refractivity contribution is 5.97. The third kappa shape index (κ3) is 3.94. The van der Waals surface area contributed by atoms with Crippen LogP contribution >= 0.6 is 0 Å². The fraction of sp³-hybridized carbons (Fsp3) is 0.375. The lowest BCUT2D eigenvalue weighted by Crippen LogP contribution is -2.45. The molecule has 0 aliphatic carbocycles. The molecule has 120 valence electrons. The van der Waals surface area contributed by atoms with Crippen LogP contribution in [0.25, 0.3) is 0 Å². The van der Waals surface area contributed by atoms with E-state index in [1.165, 1.54) is 6.33 Å². The summed E-state index contributed by atoms with van der Waals surface area (Å²) >= 11 is 0. The first-order valence-electron chi connectivity index (χ1n) is 7.72. The van der Waals surface area contributed by atoms with Crippen LogP contribution in [0.4, 0.5) is 0 Å². The Morgan fingerprint density at radius 3 is 2.87 bits per heavy atom. The monoisotopic (exact) mass is 313 g/mol. The highest BCUT2D eigenvalue weighted by atomic mass is 16.2. The van der Waals surface area contributed by atoms with Gasteiger partial charge in [-0.25, -0.2) is 9.67 Å². The van der Waals surface area contributed by atoms with Crippen LogP contribution in [0.2, 0.25) is 0 Å². The van der Waals surface area contributed by atoms with E-state index in [0.717, 1.165) is 18.4 Å². The summed E-state index contributed by atoms with van der Waals surface area (Å²) < 4.78 is 1.71. The van der Waals surface area contributed by atoms with E-state index in [2.05, 4.69) is 20.7 Å². The molecule has 1 fully saturated rings. The number of hydrogen-bond donors (Lipinski definition) is 2. The lowest BCUT2D eigenvalue weighted by atomic mass is 10.1. The second-order valence-electron chi connectivity index (χ2n) is 5.60. The molecule has 0 unspecified atom stereocenters. The maximum Gasteiger partial charge on any atom is 0.251 e. The van der Waals surface area contributed by atoms with E-state index in [-0.39, 0.29) is 11.8 Å². The van der Waals surface area contributed by atoms with Crippen molar-refractivity contribution in [1.29, 1.82) is 0 Å². The summed E-state index contributed by atoms with van der Waals surface area (Å²) in [6, 6.07) is 6.83. The van der Waals surface area contributed by atoms with Crippen LogP contribution in [0, 0.1) is 0 Å². The van der Waals surface area contributed by atoms with Crippen molar-refractivity contribution in [3.05, 3.63) is 48.0 Å². The smallest absolute Gasteiger partial charge is 0.251 e. The van der Waals surface area contributed by atoms with Crippen LogP contribution in [0.1, 0.15) is 35.2 Å². The molecule has 23 heavy (non-hydrogen) atoms. The van der Waals surface area contributed by atoms with Crippen molar-refractivity contribution >= 4 is 11.8 Å². The number of nitrogens with one attached hydrogen (secondary N) is 2. The largest absolute Gasteiger partial charge is 0.354 e. The van der Waals surface area contributed by atoms with E-state index in [1.54, 1.807) is 23.1 Å². The number of benzene rings is 1. The van der Waals surface area contributed by atoms with Crippen molar-refractivity contribution < 1.29 is 9.59 Å². The molecule has 1 atom stereocenters. The maximum absolute atomic E-state index is 12.3. The molecule has 1 saturated heterocycles. The van der Waals surface area contributed by atoms with Gasteiger partial charge in [0.1, 0.15) is 18.7 Å². The van der Waals surface area contributed by atoms with Crippen LogP contribution < -0.4 is 10.6 Å². The van der Waals surface area contributed by atoms with Gasteiger partial charge in [0.2, 0.25) is 5.91 Å². The molecule has 0 saturated carbocycles. The van der Waals surface area contributed by atoms with Crippen LogP contribution in [0.5, 0.6) is 0 Å². The summed E-state index contributed by atoms with van der Waals surface area (Å²) in [5, 5.41) is 9.67. The summed E-state index contributed by atoms with van der Waals surface area (Å²) in [5.41, 5.74) is 1.57. The Hall–Kier alpha value is -2.70. The molecule has 1 aliphatic heterocycles. The van der Waals surface area contributed by atoms with Gasteiger partial charge in [-0.3, -0.25) is 9.59 Å².